The highest BCUT2D eigenvalue weighted by Crippen LogP contribution is 2.21. The number of methoxy groups -OCH3 is 1. The van der Waals surface area contributed by atoms with Crippen LogP contribution < -0.4 is 15.6 Å². The summed E-state index contributed by atoms with van der Waals surface area (Å²) in [5.74, 6) is 0.405. The van der Waals surface area contributed by atoms with Gasteiger partial charge in [-0.2, -0.15) is 10.2 Å². The molecule has 0 bridgehead atoms. The molecule has 0 unspecified atom stereocenters. The summed E-state index contributed by atoms with van der Waals surface area (Å²) in [7, 11) is 1.42. The molecule has 8 nitrogen and oxygen atoms in total. The molecule has 3 heterocycles. The SMILES string of the molecule is COc1nc(N[C@@H](C)c2cc3cc(Cl)cnc3[nH]c2=O)ncc1C#N. The van der Waals surface area contributed by atoms with Gasteiger partial charge in [-0.3, -0.25) is 4.79 Å². The van der Waals surface area contributed by atoms with Crippen molar-refractivity contribution in [3.8, 4) is 11.9 Å². The quantitative estimate of drug-likeness (QED) is 0.737. The Bertz CT molecular complexity index is 1040. The molecule has 3 rings (SSSR count). The molecular formula is C16H13ClN6O2. The molecule has 126 valence electrons. The van der Waals surface area contributed by atoms with Crippen LogP contribution in [0.1, 0.15) is 24.1 Å². The highest BCUT2D eigenvalue weighted by molar-refractivity contribution is 6.31. The van der Waals surface area contributed by atoms with Crippen LogP contribution in [-0.2, 0) is 0 Å². The van der Waals surface area contributed by atoms with Crippen LogP contribution in [0.4, 0.5) is 5.95 Å². The summed E-state index contributed by atoms with van der Waals surface area (Å²) in [6, 6.07) is 4.98. The summed E-state index contributed by atoms with van der Waals surface area (Å²) in [5.41, 5.74) is 0.887. The number of ether oxygens (including phenoxy) is 1. The number of nitriles is 1. The molecule has 0 fully saturated rings. The van der Waals surface area contributed by atoms with E-state index in [1.54, 1.807) is 19.1 Å². The number of hydrogen-bond donors (Lipinski definition) is 2. The molecule has 0 aliphatic carbocycles. The molecule has 0 amide bonds. The van der Waals surface area contributed by atoms with Crippen LogP contribution in [0.3, 0.4) is 0 Å². The van der Waals surface area contributed by atoms with Gasteiger partial charge < -0.3 is 15.0 Å². The number of halogens is 1. The van der Waals surface area contributed by atoms with Gasteiger partial charge in [-0.15, -0.1) is 0 Å². The predicted molar refractivity (Wildman–Crippen MR) is 92.7 cm³/mol. The smallest absolute Gasteiger partial charge is 0.254 e. The molecule has 0 saturated carbocycles. The summed E-state index contributed by atoms with van der Waals surface area (Å²) in [6.07, 6.45) is 2.83. The number of aromatic amines is 1. The van der Waals surface area contributed by atoms with Crippen molar-refractivity contribution in [1.82, 2.24) is 19.9 Å². The molecular weight excluding hydrogens is 344 g/mol. The number of rotatable bonds is 4. The Kier molecular flexibility index (Phi) is 4.50. The van der Waals surface area contributed by atoms with Gasteiger partial charge in [0.05, 0.1) is 24.4 Å². The fourth-order valence-corrected chi connectivity index (χ4v) is 2.51. The third kappa shape index (κ3) is 3.36. The normalized spacial score (nSPS) is 11.8. The van der Waals surface area contributed by atoms with E-state index in [1.807, 2.05) is 6.07 Å². The summed E-state index contributed by atoms with van der Waals surface area (Å²) in [5, 5.41) is 13.2. The minimum absolute atomic E-state index is 0.163. The van der Waals surface area contributed by atoms with Crippen LogP contribution in [0.2, 0.25) is 5.02 Å². The number of fused-ring (bicyclic) bond motifs is 1. The van der Waals surface area contributed by atoms with Crippen LogP contribution in [0.25, 0.3) is 11.0 Å². The van der Waals surface area contributed by atoms with E-state index in [9.17, 15) is 4.79 Å². The largest absolute Gasteiger partial charge is 0.480 e. The van der Waals surface area contributed by atoms with E-state index in [4.69, 9.17) is 21.6 Å². The third-order valence-electron chi connectivity index (χ3n) is 3.57. The van der Waals surface area contributed by atoms with Gasteiger partial charge in [-0.05, 0) is 19.1 Å². The maximum absolute atomic E-state index is 12.3. The average molecular weight is 357 g/mol. The van der Waals surface area contributed by atoms with Crippen molar-refractivity contribution < 1.29 is 4.74 Å². The molecule has 1 atom stereocenters. The summed E-state index contributed by atoms with van der Waals surface area (Å²) in [4.78, 5) is 27.3. The number of pyridine rings is 2. The average Bonchev–Trinajstić information content (AvgIpc) is 2.61. The standard InChI is InChI=1S/C16H13ClN6O2/c1-8(21-16-20-6-10(5-18)15(23-16)25-2)12-4-9-3-11(17)7-19-13(9)22-14(12)24/h3-4,6-8H,1-2H3,(H,19,22,24)(H,20,21,23)/t8-/m0/s1. The maximum atomic E-state index is 12.3. The minimum atomic E-state index is -0.398. The Morgan fingerprint density at radius 1 is 1.36 bits per heavy atom. The van der Waals surface area contributed by atoms with Crippen molar-refractivity contribution >= 4 is 28.6 Å². The minimum Gasteiger partial charge on any atom is -0.480 e. The van der Waals surface area contributed by atoms with Crippen molar-refractivity contribution in [2.24, 2.45) is 0 Å². The summed E-state index contributed by atoms with van der Waals surface area (Å²) < 4.78 is 5.05. The van der Waals surface area contributed by atoms with E-state index in [0.717, 1.165) is 0 Å². The first-order valence-corrected chi connectivity index (χ1v) is 7.65. The number of H-pyrrole nitrogens is 1. The lowest BCUT2D eigenvalue weighted by Crippen LogP contribution is -2.20. The zero-order valence-corrected chi connectivity index (χ0v) is 14.1. The molecule has 0 radical (unpaired) electrons. The molecule has 0 aliphatic heterocycles. The van der Waals surface area contributed by atoms with Gasteiger partial charge in [0.15, 0.2) is 0 Å². The van der Waals surface area contributed by atoms with Crippen LogP contribution in [-0.4, -0.2) is 27.0 Å². The van der Waals surface area contributed by atoms with Crippen LogP contribution >= 0.6 is 11.6 Å². The molecule has 0 aromatic carbocycles. The first-order chi connectivity index (χ1) is 12.0. The molecule has 0 spiro atoms. The predicted octanol–water partition coefficient (Wildman–Crippen LogP) is 2.42. The van der Waals surface area contributed by atoms with E-state index in [-0.39, 0.29) is 23.0 Å². The van der Waals surface area contributed by atoms with Crippen molar-refractivity contribution in [2.45, 2.75) is 13.0 Å². The second-order valence-corrected chi connectivity index (χ2v) is 5.68. The number of aromatic nitrogens is 4. The Morgan fingerprint density at radius 3 is 2.88 bits per heavy atom. The van der Waals surface area contributed by atoms with E-state index in [1.165, 1.54) is 19.5 Å². The van der Waals surface area contributed by atoms with E-state index in [0.29, 0.717) is 21.6 Å². The molecule has 0 aliphatic rings. The van der Waals surface area contributed by atoms with Crippen LogP contribution in [0.15, 0.2) is 29.3 Å². The molecule has 3 aromatic heterocycles. The summed E-state index contributed by atoms with van der Waals surface area (Å²) >= 11 is 5.95. The molecule has 25 heavy (non-hydrogen) atoms. The highest BCUT2D eigenvalue weighted by atomic mass is 35.5. The van der Waals surface area contributed by atoms with Gasteiger partial charge in [-0.1, -0.05) is 11.6 Å². The lowest BCUT2D eigenvalue weighted by atomic mass is 10.1. The third-order valence-corrected chi connectivity index (χ3v) is 3.78. The first kappa shape index (κ1) is 16.7. The van der Waals surface area contributed by atoms with Crippen molar-refractivity contribution in [2.75, 3.05) is 12.4 Å². The van der Waals surface area contributed by atoms with E-state index < -0.39 is 6.04 Å². The van der Waals surface area contributed by atoms with Gasteiger partial charge in [0, 0.05) is 17.1 Å². The Morgan fingerprint density at radius 2 is 2.16 bits per heavy atom. The van der Waals surface area contributed by atoms with Gasteiger partial charge in [0.2, 0.25) is 11.8 Å². The fourth-order valence-electron chi connectivity index (χ4n) is 2.34. The Balaban J connectivity index is 1.94. The van der Waals surface area contributed by atoms with Crippen molar-refractivity contribution in [1.29, 1.82) is 5.26 Å². The number of hydrogen-bond acceptors (Lipinski definition) is 7. The molecule has 0 saturated heterocycles. The first-order valence-electron chi connectivity index (χ1n) is 7.28. The van der Waals surface area contributed by atoms with Gasteiger partial charge in [0.1, 0.15) is 17.3 Å². The molecule has 9 heteroatoms. The topological polar surface area (TPSA) is 117 Å². The maximum Gasteiger partial charge on any atom is 0.254 e. The Hall–Kier alpha value is -3.18. The zero-order chi connectivity index (χ0) is 18.0. The Labute approximate surface area is 147 Å². The van der Waals surface area contributed by atoms with Gasteiger partial charge in [-0.25, -0.2) is 9.97 Å². The lowest BCUT2D eigenvalue weighted by molar-refractivity contribution is 0.396. The number of nitrogens with one attached hydrogen (secondary N) is 2. The van der Waals surface area contributed by atoms with E-state index in [2.05, 4.69) is 25.3 Å². The monoisotopic (exact) mass is 356 g/mol. The van der Waals surface area contributed by atoms with E-state index >= 15 is 0 Å². The van der Waals surface area contributed by atoms with Crippen molar-refractivity contribution in [3.05, 3.63) is 51.0 Å². The molecule has 2 N–H and O–H groups in total. The van der Waals surface area contributed by atoms with Gasteiger partial charge in [0.25, 0.3) is 5.56 Å². The second kappa shape index (κ2) is 6.75. The van der Waals surface area contributed by atoms with Gasteiger partial charge >= 0.3 is 0 Å². The van der Waals surface area contributed by atoms with Crippen LogP contribution in [0.5, 0.6) is 5.88 Å². The number of anilines is 1. The summed E-state index contributed by atoms with van der Waals surface area (Å²) in [6.45, 7) is 1.79. The zero-order valence-electron chi connectivity index (χ0n) is 13.4. The number of nitrogens with zero attached hydrogens (tertiary/aromatic N) is 4. The highest BCUT2D eigenvalue weighted by Gasteiger charge is 2.14. The lowest BCUT2D eigenvalue weighted by Gasteiger charge is -2.14. The van der Waals surface area contributed by atoms with Crippen LogP contribution in [0, 0.1) is 11.3 Å². The van der Waals surface area contributed by atoms with Crippen molar-refractivity contribution in [3.63, 3.8) is 0 Å². The fraction of sp³-hybridized carbons (Fsp3) is 0.188. The second-order valence-electron chi connectivity index (χ2n) is 5.24. The molecule has 3 aromatic rings.